The molecule has 0 aliphatic heterocycles. The summed E-state index contributed by atoms with van der Waals surface area (Å²) in [5.74, 6) is 1.07. The molecule has 1 unspecified atom stereocenters. The lowest BCUT2D eigenvalue weighted by atomic mass is 9.65. The first kappa shape index (κ1) is 12.0. The molecular formula is C12H25NO. The maximum absolute atomic E-state index is 10.6. The van der Waals surface area contributed by atoms with Gasteiger partial charge in [-0.2, -0.15) is 0 Å². The van der Waals surface area contributed by atoms with Gasteiger partial charge in [-0.3, -0.25) is 0 Å². The van der Waals surface area contributed by atoms with Crippen LogP contribution < -0.4 is 5.73 Å². The number of rotatable bonds is 2. The molecule has 2 heteroatoms. The number of nitrogens with two attached hydrogens (primary N) is 1. The molecule has 0 amide bonds. The number of hydrogen-bond acceptors (Lipinski definition) is 2. The van der Waals surface area contributed by atoms with Crippen molar-refractivity contribution in [2.45, 2.75) is 64.5 Å². The summed E-state index contributed by atoms with van der Waals surface area (Å²) in [6, 6.07) is 0. The Balaban J connectivity index is 2.75. The lowest BCUT2D eigenvalue weighted by Gasteiger charge is -2.48. The van der Waals surface area contributed by atoms with E-state index in [1.54, 1.807) is 0 Å². The molecule has 1 rings (SSSR count). The molecule has 1 aliphatic rings. The largest absolute Gasteiger partial charge is 0.388 e. The first-order valence-electron chi connectivity index (χ1n) is 5.81. The maximum atomic E-state index is 10.6. The van der Waals surface area contributed by atoms with Crippen LogP contribution in [0.25, 0.3) is 0 Å². The van der Waals surface area contributed by atoms with Gasteiger partial charge >= 0.3 is 0 Å². The fourth-order valence-corrected chi connectivity index (χ4v) is 2.32. The first-order valence-corrected chi connectivity index (χ1v) is 5.81. The molecule has 0 spiro atoms. The van der Waals surface area contributed by atoms with Crippen molar-refractivity contribution in [1.29, 1.82) is 0 Å². The van der Waals surface area contributed by atoms with Gasteiger partial charge in [0, 0.05) is 5.54 Å². The minimum Gasteiger partial charge on any atom is -0.388 e. The van der Waals surface area contributed by atoms with Gasteiger partial charge in [-0.15, -0.1) is 0 Å². The van der Waals surface area contributed by atoms with E-state index in [-0.39, 0.29) is 0 Å². The molecular weight excluding hydrogens is 174 g/mol. The molecule has 84 valence electrons. The number of aliphatic hydroxyl groups is 1. The van der Waals surface area contributed by atoms with E-state index < -0.39 is 11.1 Å². The summed E-state index contributed by atoms with van der Waals surface area (Å²) >= 11 is 0. The van der Waals surface area contributed by atoms with Crippen LogP contribution in [-0.4, -0.2) is 16.2 Å². The molecule has 1 atom stereocenters. The molecule has 0 aromatic heterocycles. The summed E-state index contributed by atoms with van der Waals surface area (Å²) in [5, 5.41) is 10.6. The molecule has 2 nitrogen and oxygen atoms in total. The third-order valence-corrected chi connectivity index (χ3v) is 4.30. The van der Waals surface area contributed by atoms with E-state index in [2.05, 4.69) is 20.8 Å². The standard InChI is InChI=1S/C12H25NO/c1-9(2)11(4,13)12(14)7-5-10(3)6-8-12/h9-10,14H,5-8,13H2,1-4H3. The van der Waals surface area contributed by atoms with Crippen molar-refractivity contribution in [2.24, 2.45) is 17.6 Å². The molecule has 0 radical (unpaired) electrons. The molecule has 1 saturated carbocycles. The second kappa shape index (κ2) is 3.82. The number of hydrogen-bond donors (Lipinski definition) is 2. The first-order chi connectivity index (χ1) is 6.29. The molecule has 0 aromatic rings. The van der Waals surface area contributed by atoms with E-state index >= 15 is 0 Å². The topological polar surface area (TPSA) is 46.2 Å². The van der Waals surface area contributed by atoms with Crippen LogP contribution in [0.1, 0.15) is 53.4 Å². The van der Waals surface area contributed by atoms with Crippen LogP contribution in [0.15, 0.2) is 0 Å². The van der Waals surface area contributed by atoms with Crippen LogP contribution in [0, 0.1) is 11.8 Å². The monoisotopic (exact) mass is 199 g/mol. The van der Waals surface area contributed by atoms with Gasteiger partial charge in [-0.25, -0.2) is 0 Å². The Labute approximate surface area is 87.9 Å². The fraction of sp³-hybridized carbons (Fsp3) is 1.00. The lowest BCUT2D eigenvalue weighted by Crippen LogP contribution is -2.62. The highest BCUT2D eigenvalue weighted by molar-refractivity contribution is 5.04. The van der Waals surface area contributed by atoms with Gasteiger partial charge in [0.05, 0.1) is 5.60 Å². The average molecular weight is 199 g/mol. The van der Waals surface area contributed by atoms with Gasteiger partial charge in [-0.05, 0) is 44.4 Å². The fourth-order valence-electron chi connectivity index (χ4n) is 2.32. The minimum absolute atomic E-state index is 0.320. The van der Waals surface area contributed by atoms with Crippen LogP contribution in [0.5, 0.6) is 0 Å². The summed E-state index contributed by atoms with van der Waals surface area (Å²) in [6.07, 6.45) is 3.94. The van der Waals surface area contributed by atoms with Gasteiger partial charge in [0.1, 0.15) is 0 Å². The Morgan fingerprint density at radius 3 is 2.14 bits per heavy atom. The van der Waals surface area contributed by atoms with Gasteiger partial charge in [0.2, 0.25) is 0 Å². The van der Waals surface area contributed by atoms with Crippen LogP contribution in [-0.2, 0) is 0 Å². The van der Waals surface area contributed by atoms with Crippen LogP contribution in [0.3, 0.4) is 0 Å². The summed E-state index contributed by atoms with van der Waals surface area (Å²) in [5.41, 5.74) is 5.17. The molecule has 1 fully saturated rings. The van der Waals surface area contributed by atoms with E-state index in [1.807, 2.05) is 6.92 Å². The zero-order valence-electron chi connectivity index (χ0n) is 10.0. The highest BCUT2D eigenvalue weighted by atomic mass is 16.3. The smallest absolute Gasteiger partial charge is 0.0826 e. The average Bonchev–Trinajstić information content (AvgIpc) is 2.10. The highest BCUT2D eigenvalue weighted by Crippen LogP contribution is 2.40. The Kier molecular flexibility index (Phi) is 3.27. The van der Waals surface area contributed by atoms with E-state index in [4.69, 9.17) is 5.73 Å². The highest BCUT2D eigenvalue weighted by Gasteiger charge is 2.47. The second-order valence-corrected chi connectivity index (χ2v) is 5.65. The molecule has 0 saturated heterocycles. The third-order valence-electron chi connectivity index (χ3n) is 4.30. The van der Waals surface area contributed by atoms with Gasteiger partial charge in [0.15, 0.2) is 0 Å². The normalized spacial score (nSPS) is 38.4. The van der Waals surface area contributed by atoms with E-state index in [0.29, 0.717) is 5.92 Å². The predicted molar refractivity (Wildman–Crippen MR) is 60.0 cm³/mol. The van der Waals surface area contributed by atoms with Crippen LogP contribution in [0.4, 0.5) is 0 Å². The molecule has 1 aliphatic carbocycles. The van der Waals surface area contributed by atoms with Gasteiger partial charge < -0.3 is 10.8 Å². The lowest BCUT2D eigenvalue weighted by molar-refractivity contribution is -0.0818. The minimum atomic E-state index is -0.645. The SMILES string of the molecule is CC1CCC(O)(C(C)(N)C(C)C)CC1. The summed E-state index contributed by atoms with van der Waals surface area (Å²) in [7, 11) is 0. The molecule has 3 N–H and O–H groups in total. The zero-order chi connectivity index (χ0) is 11.0. The quantitative estimate of drug-likeness (QED) is 0.717. The maximum Gasteiger partial charge on any atom is 0.0826 e. The van der Waals surface area contributed by atoms with E-state index in [1.165, 1.54) is 0 Å². The Hall–Kier alpha value is -0.0800. The second-order valence-electron chi connectivity index (χ2n) is 5.65. The third kappa shape index (κ3) is 1.96. The van der Waals surface area contributed by atoms with Crippen LogP contribution >= 0.6 is 0 Å². The zero-order valence-corrected chi connectivity index (χ0v) is 10.0. The van der Waals surface area contributed by atoms with Crippen LogP contribution in [0.2, 0.25) is 0 Å². The molecule has 0 bridgehead atoms. The Morgan fingerprint density at radius 2 is 1.79 bits per heavy atom. The van der Waals surface area contributed by atoms with E-state index in [9.17, 15) is 5.11 Å². The summed E-state index contributed by atoms with van der Waals surface area (Å²) in [4.78, 5) is 0. The molecule has 0 aromatic carbocycles. The van der Waals surface area contributed by atoms with Crippen molar-refractivity contribution in [1.82, 2.24) is 0 Å². The summed E-state index contributed by atoms with van der Waals surface area (Å²) in [6.45, 7) is 8.43. The Morgan fingerprint density at radius 1 is 1.36 bits per heavy atom. The molecule has 14 heavy (non-hydrogen) atoms. The summed E-state index contributed by atoms with van der Waals surface area (Å²) < 4.78 is 0. The van der Waals surface area contributed by atoms with Crippen molar-refractivity contribution in [2.75, 3.05) is 0 Å². The van der Waals surface area contributed by atoms with Crippen molar-refractivity contribution >= 4 is 0 Å². The predicted octanol–water partition coefficient (Wildman–Crippen LogP) is 2.30. The van der Waals surface area contributed by atoms with Gasteiger partial charge in [0.25, 0.3) is 0 Å². The Bertz CT molecular complexity index is 190. The van der Waals surface area contributed by atoms with Gasteiger partial charge in [-0.1, -0.05) is 20.8 Å². The molecule has 0 heterocycles. The van der Waals surface area contributed by atoms with E-state index in [0.717, 1.165) is 31.6 Å². The van der Waals surface area contributed by atoms with Crippen molar-refractivity contribution in [3.05, 3.63) is 0 Å². The van der Waals surface area contributed by atoms with Crippen molar-refractivity contribution in [3.63, 3.8) is 0 Å². The van der Waals surface area contributed by atoms with Crippen molar-refractivity contribution < 1.29 is 5.11 Å². The van der Waals surface area contributed by atoms with Crippen molar-refractivity contribution in [3.8, 4) is 0 Å².